The Morgan fingerprint density at radius 2 is 2.19 bits per heavy atom. The van der Waals surface area contributed by atoms with Crippen molar-refractivity contribution in [3.05, 3.63) is 28.0 Å². The van der Waals surface area contributed by atoms with Crippen molar-refractivity contribution in [3.63, 3.8) is 0 Å². The zero-order chi connectivity index (χ0) is 14.7. The SMILES string of the molecule is C=C(C)CN1CCCCC1C(=O)Nc1c(C)csc1C.Cl. The molecule has 1 atom stereocenters. The van der Waals surface area contributed by atoms with Gasteiger partial charge in [-0.25, -0.2) is 0 Å². The standard InChI is InChI=1S/C16H24N2OS.ClH/c1-11(2)9-18-8-6-5-7-14(18)16(19)17-15-12(3)10-20-13(15)4;/h10,14H,1,5-9H2,2-4H3,(H,17,19);1H. The van der Waals surface area contributed by atoms with Gasteiger partial charge in [-0.2, -0.15) is 0 Å². The molecule has 1 aliphatic rings. The van der Waals surface area contributed by atoms with E-state index in [0.717, 1.165) is 42.8 Å². The first-order chi connectivity index (χ1) is 9.49. The molecule has 0 radical (unpaired) electrons. The zero-order valence-electron chi connectivity index (χ0n) is 13.1. The van der Waals surface area contributed by atoms with Crippen molar-refractivity contribution in [1.29, 1.82) is 0 Å². The molecule has 1 aliphatic heterocycles. The summed E-state index contributed by atoms with van der Waals surface area (Å²) in [5.41, 5.74) is 3.27. The summed E-state index contributed by atoms with van der Waals surface area (Å²) in [4.78, 5) is 16.0. The molecule has 0 aliphatic carbocycles. The number of carbonyl (C=O) groups excluding carboxylic acids is 1. The minimum absolute atomic E-state index is 0. The first-order valence-corrected chi connectivity index (χ1v) is 8.11. The van der Waals surface area contributed by atoms with Crippen LogP contribution >= 0.6 is 23.7 Å². The number of carbonyl (C=O) groups is 1. The molecule has 1 unspecified atom stereocenters. The van der Waals surface area contributed by atoms with Crippen LogP contribution in [-0.2, 0) is 4.79 Å². The van der Waals surface area contributed by atoms with Gasteiger partial charge in [0, 0.05) is 11.4 Å². The number of thiophene rings is 1. The van der Waals surface area contributed by atoms with Gasteiger partial charge in [0.05, 0.1) is 11.7 Å². The summed E-state index contributed by atoms with van der Waals surface area (Å²) in [5.74, 6) is 0.135. The van der Waals surface area contributed by atoms with Crippen LogP contribution in [0.3, 0.4) is 0 Å². The summed E-state index contributed by atoms with van der Waals surface area (Å²) in [6.45, 7) is 11.9. The van der Waals surface area contributed by atoms with E-state index in [1.54, 1.807) is 11.3 Å². The lowest BCUT2D eigenvalue weighted by molar-refractivity contribution is -0.122. The lowest BCUT2D eigenvalue weighted by Gasteiger charge is -2.34. The highest BCUT2D eigenvalue weighted by Crippen LogP contribution is 2.27. The third-order valence-electron chi connectivity index (χ3n) is 3.80. The smallest absolute Gasteiger partial charge is 0.241 e. The largest absolute Gasteiger partial charge is 0.323 e. The van der Waals surface area contributed by atoms with Crippen LogP contribution in [0.4, 0.5) is 5.69 Å². The molecule has 3 nitrogen and oxygen atoms in total. The fourth-order valence-corrected chi connectivity index (χ4v) is 3.59. The minimum atomic E-state index is -0.0147. The molecule has 118 valence electrons. The van der Waals surface area contributed by atoms with E-state index in [1.807, 2.05) is 13.8 Å². The lowest BCUT2D eigenvalue weighted by Crippen LogP contribution is -2.47. The van der Waals surface area contributed by atoms with Crippen LogP contribution in [0.1, 0.15) is 36.6 Å². The molecule has 0 saturated carbocycles. The molecule has 1 aromatic rings. The van der Waals surface area contributed by atoms with Crippen LogP contribution in [0.5, 0.6) is 0 Å². The Kier molecular flexibility index (Phi) is 6.91. The molecular weight excluding hydrogens is 304 g/mol. The fraction of sp³-hybridized carbons (Fsp3) is 0.562. The molecule has 1 aromatic heterocycles. The van der Waals surface area contributed by atoms with Crippen LogP contribution in [0.25, 0.3) is 0 Å². The van der Waals surface area contributed by atoms with Gasteiger partial charge in [0.25, 0.3) is 0 Å². The average Bonchev–Trinajstić information content (AvgIpc) is 2.70. The Morgan fingerprint density at radius 3 is 2.76 bits per heavy atom. The third kappa shape index (κ3) is 4.56. The van der Waals surface area contributed by atoms with E-state index in [9.17, 15) is 4.79 Å². The van der Waals surface area contributed by atoms with Gasteiger partial charge < -0.3 is 5.32 Å². The molecule has 0 aromatic carbocycles. The molecule has 1 fully saturated rings. The minimum Gasteiger partial charge on any atom is -0.323 e. The number of anilines is 1. The number of amides is 1. The number of likely N-dealkylation sites (tertiary alicyclic amines) is 1. The summed E-state index contributed by atoms with van der Waals surface area (Å²) in [5, 5.41) is 5.23. The maximum atomic E-state index is 12.6. The number of rotatable bonds is 4. The molecule has 0 bridgehead atoms. The van der Waals surface area contributed by atoms with Gasteiger partial charge >= 0.3 is 0 Å². The molecule has 1 amide bonds. The highest BCUT2D eigenvalue weighted by molar-refractivity contribution is 7.10. The van der Waals surface area contributed by atoms with Crippen molar-refractivity contribution < 1.29 is 4.79 Å². The maximum absolute atomic E-state index is 12.6. The number of halogens is 1. The predicted octanol–water partition coefficient (Wildman–Crippen LogP) is 4.16. The van der Waals surface area contributed by atoms with Crippen LogP contribution in [0.15, 0.2) is 17.5 Å². The van der Waals surface area contributed by atoms with E-state index < -0.39 is 0 Å². The summed E-state index contributed by atoms with van der Waals surface area (Å²) < 4.78 is 0. The molecule has 2 heterocycles. The van der Waals surface area contributed by atoms with E-state index in [0.29, 0.717) is 0 Å². The van der Waals surface area contributed by atoms with E-state index >= 15 is 0 Å². The third-order valence-corrected chi connectivity index (χ3v) is 4.83. The number of nitrogens with one attached hydrogen (secondary N) is 1. The van der Waals surface area contributed by atoms with Gasteiger partial charge in [-0.15, -0.1) is 23.7 Å². The second-order valence-corrected chi connectivity index (χ2v) is 6.86. The maximum Gasteiger partial charge on any atom is 0.241 e. The Balaban J connectivity index is 0.00000220. The molecule has 1 N–H and O–H groups in total. The molecule has 5 heteroatoms. The first-order valence-electron chi connectivity index (χ1n) is 7.23. The topological polar surface area (TPSA) is 32.3 Å². The van der Waals surface area contributed by atoms with Gasteiger partial charge in [0.1, 0.15) is 0 Å². The zero-order valence-corrected chi connectivity index (χ0v) is 14.7. The number of piperidine rings is 1. The Labute approximate surface area is 137 Å². The number of hydrogen-bond donors (Lipinski definition) is 1. The molecule has 21 heavy (non-hydrogen) atoms. The van der Waals surface area contributed by atoms with E-state index in [-0.39, 0.29) is 24.4 Å². The average molecular weight is 329 g/mol. The quantitative estimate of drug-likeness (QED) is 0.842. The normalized spacial score (nSPS) is 18.9. The monoisotopic (exact) mass is 328 g/mol. The highest BCUT2D eigenvalue weighted by atomic mass is 35.5. The van der Waals surface area contributed by atoms with Gasteiger partial charge in [-0.05, 0) is 51.1 Å². The van der Waals surface area contributed by atoms with Crippen LogP contribution in [0, 0.1) is 13.8 Å². The fourth-order valence-electron chi connectivity index (χ4n) is 2.79. The predicted molar refractivity (Wildman–Crippen MR) is 93.7 cm³/mol. The van der Waals surface area contributed by atoms with Gasteiger partial charge in [0.2, 0.25) is 5.91 Å². The highest BCUT2D eigenvalue weighted by Gasteiger charge is 2.29. The van der Waals surface area contributed by atoms with Gasteiger partial charge in [0.15, 0.2) is 0 Å². The lowest BCUT2D eigenvalue weighted by atomic mass is 10.0. The summed E-state index contributed by atoms with van der Waals surface area (Å²) in [6.07, 6.45) is 3.25. The Hall–Kier alpha value is -0.840. The van der Waals surface area contributed by atoms with Crippen molar-refractivity contribution in [3.8, 4) is 0 Å². The first kappa shape index (κ1) is 18.2. The van der Waals surface area contributed by atoms with Crippen molar-refractivity contribution in [2.75, 3.05) is 18.4 Å². The van der Waals surface area contributed by atoms with E-state index in [4.69, 9.17) is 0 Å². The van der Waals surface area contributed by atoms with Crippen LogP contribution < -0.4 is 5.32 Å². The number of aryl methyl sites for hydroxylation is 2. The molecule has 1 saturated heterocycles. The summed E-state index contributed by atoms with van der Waals surface area (Å²) in [6, 6.07) is -0.0147. The Morgan fingerprint density at radius 1 is 1.48 bits per heavy atom. The number of hydrogen-bond acceptors (Lipinski definition) is 3. The molecule has 2 rings (SSSR count). The van der Waals surface area contributed by atoms with Crippen molar-refractivity contribution in [2.45, 2.75) is 46.1 Å². The molecule has 0 spiro atoms. The number of nitrogens with zero attached hydrogens (tertiary/aromatic N) is 1. The second-order valence-electron chi connectivity index (χ2n) is 5.78. The van der Waals surface area contributed by atoms with Gasteiger partial charge in [-0.3, -0.25) is 9.69 Å². The van der Waals surface area contributed by atoms with Crippen LogP contribution in [-0.4, -0.2) is 29.9 Å². The summed E-state index contributed by atoms with van der Waals surface area (Å²) in [7, 11) is 0. The summed E-state index contributed by atoms with van der Waals surface area (Å²) >= 11 is 1.69. The second kappa shape index (κ2) is 7.97. The van der Waals surface area contributed by atoms with Gasteiger partial charge in [-0.1, -0.05) is 18.6 Å². The molecular formula is C16H25ClN2OS. The van der Waals surface area contributed by atoms with Crippen LogP contribution in [0.2, 0.25) is 0 Å². The van der Waals surface area contributed by atoms with E-state index in [1.165, 1.54) is 11.3 Å². The van der Waals surface area contributed by atoms with Crippen molar-refractivity contribution >= 4 is 35.3 Å². The van der Waals surface area contributed by atoms with E-state index in [2.05, 4.69) is 29.1 Å². The van der Waals surface area contributed by atoms with Crippen molar-refractivity contribution in [2.24, 2.45) is 0 Å². The van der Waals surface area contributed by atoms with Crippen molar-refractivity contribution in [1.82, 2.24) is 4.90 Å². The Bertz CT molecular complexity index is 493.